The molecule has 0 spiro atoms. The van der Waals surface area contributed by atoms with Crippen molar-refractivity contribution >= 4 is 46.7 Å². The second-order valence-electron chi connectivity index (χ2n) is 7.96. The molecule has 3 amide bonds. The van der Waals surface area contributed by atoms with Crippen molar-refractivity contribution in [1.82, 2.24) is 4.90 Å². The fraction of sp³-hybridized carbons (Fsp3) is 0.280. The van der Waals surface area contributed by atoms with Crippen LogP contribution in [0.3, 0.4) is 0 Å². The van der Waals surface area contributed by atoms with E-state index in [4.69, 9.17) is 16.3 Å². The smallest absolute Gasteiger partial charge is 0.338 e. The van der Waals surface area contributed by atoms with Crippen molar-refractivity contribution in [2.75, 3.05) is 29.9 Å². The molecule has 4 rings (SSSR count). The summed E-state index contributed by atoms with van der Waals surface area (Å²) in [7, 11) is 0. The molecular weight excluding hydrogens is 458 g/mol. The lowest BCUT2D eigenvalue weighted by Gasteiger charge is -2.26. The van der Waals surface area contributed by atoms with Crippen LogP contribution in [0.15, 0.2) is 59.3 Å². The number of nitrogens with one attached hydrogen (secondary N) is 1. The minimum absolute atomic E-state index is 0.0247. The number of rotatable bonds is 6. The van der Waals surface area contributed by atoms with Gasteiger partial charge in [0.2, 0.25) is 0 Å². The van der Waals surface area contributed by atoms with Crippen LogP contribution in [-0.2, 0) is 14.3 Å². The maximum Gasteiger partial charge on any atom is 0.338 e. The molecule has 0 atom stereocenters. The number of piperidine rings is 1. The molecule has 0 saturated carbocycles. The maximum absolute atomic E-state index is 13.0. The van der Waals surface area contributed by atoms with Gasteiger partial charge in [-0.2, -0.15) is 0 Å². The van der Waals surface area contributed by atoms with Gasteiger partial charge in [-0.05, 0) is 68.7 Å². The first kappa shape index (κ1) is 23.5. The topological polar surface area (TPSA) is 96.0 Å². The number of carbonyl (C=O) groups excluding carboxylic acids is 4. The zero-order chi connectivity index (χ0) is 24.2. The first-order valence-corrected chi connectivity index (χ1v) is 11.5. The summed E-state index contributed by atoms with van der Waals surface area (Å²) < 4.78 is 4.98. The Kier molecular flexibility index (Phi) is 6.98. The summed E-state index contributed by atoms with van der Waals surface area (Å²) in [5.74, 6) is -1.93. The summed E-state index contributed by atoms with van der Waals surface area (Å²) in [5, 5.41) is 2.63. The zero-order valence-electron chi connectivity index (χ0n) is 18.7. The molecule has 0 bridgehead atoms. The average Bonchev–Trinajstić information content (AvgIpc) is 3.07. The molecule has 8 nitrogen and oxygen atoms in total. The first-order valence-electron chi connectivity index (χ1n) is 11.1. The number of imide groups is 1. The first-order chi connectivity index (χ1) is 16.4. The SMILES string of the molecule is CCOC(=O)c1cccc(N2C(=O)C(Cl)=C(Nc3ccc(C(=O)N4CCCCC4)cc3)C2=O)c1. The molecular formula is C25H24ClN3O5. The van der Waals surface area contributed by atoms with Crippen LogP contribution in [0.25, 0.3) is 0 Å². The van der Waals surface area contributed by atoms with E-state index in [0.29, 0.717) is 11.3 Å². The number of likely N-dealkylation sites (tertiary alicyclic amines) is 1. The van der Waals surface area contributed by atoms with Gasteiger partial charge in [-0.15, -0.1) is 0 Å². The van der Waals surface area contributed by atoms with Gasteiger partial charge >= 0.3 is 5.97 Å². The van der Waals surface area contributed by atoms with Crippen LogP contribution in [0.4, 0.5) is 11.4 Å². The minimum atomic E-state index is -0.702. The highest BCUT2D eigenvalue weighted by Crippen LogP contribution is 2.31. The molecule has 0 aromatic heterocycles. The van der Waals surface area contributed by atoms with Gasteiger partial charge in [0.1, 0.15) is 10.7 Å². The lowest BCUT2D eigenvalue weighted by molar-refractivity contribution is -0.120. The van der Waals surface area contributed by atoms with Gasteiger partial charge in [0, 0.05) is 24.3 Å². The number of amides is 3. The van der Waals surface area contributed by atoms with Gasteiger partial charge in [0.15, 0.2) is 0 Å². The molecule has 2 aromatic rings. The lowest BCUT2D eigenvalue weighted by Crippen LogP contribution is -2.35. The number of ether oxygens (including phenoxy) is 1. The number of halogens is 1. The van der Waals surface area contributed by atoms with Gasteiger partial charge in [0.05, 0.1) is 17.9 Å². The van der Waals surface area contributed by atoms with Crippen molar-refractivity contribution in [1.29, 1.82) is 0 Å². The molecule has 1 saturated heterocycles. The van der Waals surface area contributed by atoms with Crippen molar-refractivity contribution in [3.8, 4) is 0 Å². The molecule has 176 valence electrons. The van der Waals surface area contributed by atoms with Crippen molar-refractivity contribution in [2.45, 2.75) is 26.2 Å². The monoisotopic (exact) mass is 481 g/mol. The van der Waals surface area contributed by atoms with Gasteiger partial charge < -0.3 is 15.0 Å². The lowest BCUT2D eigenvalue weighted by atomic mass is 10.1. The molecule has 2 aliphatic heterocycles. The molecule has 2 aliphatic rings. The predicted molar refractivity (Wildman–Crippen MR) is 128 cm³/mol. The maximum atomic E-state index is 13.0. The molecule has 34 heavy (non-hydrogen) atoms. The molecule has 0 unspecified atom stereocenters. The molecule has 0 radical (unpaired) electrons. The minimum Gasteiger partial charge on any atom is -0.462 e. The van der Waals surface area contributed by atoms with Gasteiger partial charge in [0.25, 0.3) is 17.7 Å². The van der Waals surface area contributed by atoms with E-state index in [-0.39, 0.29) is 34.5 Å². The standard InChI is InChI=1S/C25H24ClN3O5/c1-2-34-25(33)17-7-6-8-19(15-17)29-23(31)20(26)21(24(29)32)27-18-11-9-16(10-12-18)22(30)28-13-4-3-5-14-28/h6-12,15,27H,2-5,13-14H2,1H3. The van der Waals surface area contributed by atoms with Gasteiger partial charge in [-0.3, -0.25) is 14.4 Å². The number of carbonyl (C=O) groups is 4. The summed E-state index contributed by atoms with van der Waals surface area (Å²) in [4.78, 5) is 53.2. The van der Waals surface area contributed by atoms with Crippen molar-refractivity contribution in [3.63, 3.8) is 0 Å². The summed E-state index contributed by atoms with van der Waals surface area (Å²) in [6.07, 6.45) is 3.15. The Morgan fingerprint density at radius 3 is 2.35 bits per heavy atom. The van der Waals surface area contributed by atoms with Crippen LogP contribution >= 0.6 is 11.6 Å². The van der Waals surface area contributed by atoms with Crippen LogP contribution < -0.4 is 10.2 Å². The number of esters is 1. The van der Waals surface area contributed by atoms with Crippen molar-refractivity contribution < 1.29 is 23.9 Å². The highest BCUT2D eigenvalue weighted by Gasteiger charge is 2.39. The number of benzene rings is 2. The number of anilines is 2. The fourth-order valence-corrected chi connectivity index (χ4v) is 4.16. The predicted octanol–water partition coefficient (Wildman–Crippen LogP) is 3.93. The Balaban J connectivity index is 1.50. The Bertz CT molecular complexity index is 1170. The third kappa shape index (κ3) is 4.68. The van der Waals surface area contributed by atoms with E-state index in [2.05, 4.69) is 5.32 Å². The summed E-state index contributed by atoms with van der Waals surface area (Å²) in [6, 6.07) is 12.7. The molecule has 0 aliphatic carbocycles. The number of hydrogen-bond acceptors (Lipinski definition) is 6. The Hall–Kier alpha value is -3.65. The Morgan fingerprint density at radius 1 is 0.971 bits per heavy atom. The number of hydrogen-bond donors (Lipinski definition) is 1. The Morgan fingerprint density at radius 2 is 1.68 bits per heavy atom. The molecule has 2 heterocycles. The average molecular weight is 482 g/mol. The third-order valence-corrected chi connectivity index (χ3v) is 6.04. The van der Waals surface area contributed by atoms with Crippen LogP contribution in [0.1, 0.15) is 46.9 Å². The quantitative estimate of drug-likeness (QED) is 0.496. The van der Waals surface area contributed by atoms with Crippen molar-refractivity contribution in [3.05, 3.63) is 70.4 Å². The van der Waals surface area contributed by atoms with Crippen LogP contribution in [0.2, 0.25) is 0 Å². The third-order valence-electron chi connectivity index (χ3n) is 5.69. The Labute approximate surface area is 202 Å². The molecule has 2 aromatic carbocycles. The highest BCUT2D eigenvalue weighted by atomic mass is 35.5. The van der Waals surface area contributed by atoms with Crippen LogP contribution in [-0.4, -0.2) is 48.3 Å². The normalized spacial score (nSPS) is 16.2. The zero-order valence-corrected chi connectivity index (χ0v) is 19.4. The summed E-state index contributed by atoms with van der Waals surface area (Å²) >= 11 is 6.21. The molecule has 1 fully saturated rings. The van der Waals surface area contributed by atoms with E-state index < -0.39 is 17.8 Å². The van der Waals surface area contributed by atoms with E-state index >= 15 is 0 Å². The number of nitrogens with zero attached hydrogens (tertiary/aromatic N) is 2. The van der Waals surface area contributed by atoms with E-state index in [9.17, 15) is 19.2 Å². The fourth-order valence-electron chi connectivity index (χ4n) is 3.95. The van der Waals surface area contributed by atoms with E-state index in [1.54, 1.807) is 37.3 Å². The van der Waals surface area contributed by atoms with Crippen molar-refractivity contribution in [2.24, 2.45) is 0 Å². The van der Waals surface area contributed by atoms with Crippen LogP contribution in [0.5, 0.6) is 0 Å². The molecule has 9 heteroatoms. The summed E-state index contributed by atoms with van der Waals surface area (Å²) in [6.45, 7) is 3.40. The largest absolute Gasteiger partial charge is 0.462 e. The molecule has 1 N–H and O–H groups in total. The van der Waals surface area contributed by atoms with Gasteiger partial charge in [-0.25, -0.2) is 9.69 Å². The highest BCUT2D eigenvalue weighted by molar-refractivity contribution is 6.53. The second-order valence-corrected chi connectivity index (χ2v) is 8.34. The second kappa shape index (κ2) is 10.1. The van der Waals surface area contributed by atoms with Crippen LogP contribution in [0, 0.1) is 0 Å². The van der Waals surface area contributed by atoms with E-state index in [1.807, 2.05) is 4.90 Å². The van der Waals surface area contributed by atoms with E-state index in [0.717, 1.165) is 37.3 Å². The van der Waals surface area contributed by atoms with Gasteiger partial charge in [-0.1, -0.05) is 17.7 Å². The summed E-state index contributed by atoms with van der Waals surface area (Å²) in [5.41, 5.74) is 1.40. The van der Waals surface area contributed by atoms with E-state index in [1.165, 1.54) is 18.2 Å².